The van der Waals surface area contributed by atoms with Crippen molar-refractivity contribution in [1.29, 1.82) is 0 Å². The van der Waals surface area contributed by atoms with E-state index in [1.165, 1.54) is 0 Å². The first kappa shape index (κ1) is 13.5. The van der Waals surface area contributed by atoms with Gasteiger partial charge in [-0.05, 0) is 54.7 Å². The molecule has 1 N–H and O–H groups in total. The normalized spacial score (nSPS) is 16.9. The van der Waals surface area contributed by atoms with Gasteiger partial charge in [0.05, 0.1) is 0 Å². The number of aliphatic carboxylic acids is 1. The van der Waals surface area contributed by atoms with E-state index in [9.17, 15) is 9.59 Å². The van der Waals surface area contributed by atoms with Gasteiger partial charge in [-0.3, -0.25) is 4.79 Å². The fourth-order valence-electron chi connectivity index (χ4n) is 2.77. The minimum Gasteiger partial charge on any atom is -0.478 e. The highest BCUT2D eigenvalue weighted by atomic mass is 16.4. The van der Waals surface area contributed by atoms with Gasteiger partial charge in [-0.15, -0.1) is 0 Å². The molecular formula is C16H18O3. The van der Waals surface area contributed by atoms with Gasteiger partial charge in [0.1, 0.15) is 0 Å². The van der Waals surface area contributed by atoms with Crippen LogP contribution in [0, 0.1) is 19.3 Å². The van der Waals surface area contributed by atoms with Crippen molar-refractivity contribution in [2.24, 2.45) is 5.41 Å². The molecule has 0 atom stereocenters. The summed E-state index contributed by atoms with van der Waals surface area (Å²) >= 11 is 0. The third-order valence-electron chi connectivity index (χ3n) is 3.84. The summed E-state index contributed by atoms with van der Waals surface area (Å²) in [6.07, 6.45) is 3.48. The number of rotatable bonds is 2. The first-order chi connectivity index (χ1) is 8.74. The number of fused-ring (bicyclic) bond motifs is 1. The molecule has 0 saturated carbocycles. The number of carbonyl (C=O) groups is 2. The van der Waals surface area contributed by atoms with Crippen LogP contribution in [0.4, 0.5) is 0 Å². The zero-order valence-corrected chi connectivity index (χ0v) is 11.7. The van der Waals surface area contributed by atoms with Gasteiger partial charge >= 0.3 is 5.97 Å². The first-order valence-corrected chi connectivity index (χ1v) is 6.33. The van der Waals surface area contributed by atoms with Gasteiger partial charge in [0.15, 0.2) is 5.78 Å². The number of carboxylic acids is 1. The summed E-state index contributed by atoms with van der Waals surface area (Å²) in [5.41, 5.74) is 4.38. The molecule has 2 rings (SSSR count). The van der Waals surface area contributed by atoms with Crippen molar-refractivity contribution in [2.45, 2.75) is 34.1 Å². The molecule has 0 amide bonds. The third kappa shape index (κ3) is 2.21. The second-order valence-electron chi connectivity index (χ2n) is 5.82. The van der Waals surface area contributed by atoms with Crippen LogP contribution in [0.1, 0.15) is 46.5 Å². The van der Waals surface area contributed by atoms with Crippen molar-refractivity contribution in [1.82, 2.24) is 0 Å². The monoisotopic (exact) mass is 258 g/mol. The number of benzene rings is 1. The Morgan fingerprint density at radius 2 is 2.00 bits per heavy atom. The fraction of sp³-hybridized carbons (Fsp3) is 0.375. The van der Waals surface area contributed by atoms with Crippen LogP contribution in [0.2, 0.25) is 0 Å². The molecule has 0 aliphatic heterocycles. The Labute approximate surface area is 113 Å². The maximum absolute atomic E-state index is 12.3. The highest BCUT2D eigenvalue weighted by Crippen LogP contribution is 2.39. The molecule has 1 aliphatic carbocycles. The largest absolute Gasteiger partial charge is 0.478 e. The van der Waals surface area contributed by atoms with Crippen LogP contribution in [0.25, 0.3) is 6.08 Å². The molecule has 3 heteroatoms. The summed E-state index contributed by atoms with van der Waals surface area (Å²) in [7, 11) is 0. The van der Waals surface area contributed by atoms with E-state index in [-0.39, 0.29) is 11.2 Å². The minimum absolute atomic E-state index is 0.183. The SMILES string of the molecule is Cc1cc2c(c(C)c1/C=C/C(=O)O)CC(C)(C)C2=O. The summed E-state index contributed by atoms with van der Waals surface area (Å²) in [5, 5.41) is 8.73. The third-order valence-corrected chi connectivity index (χ3v) is 3.84. The van der Waals surface area contributed by atoms with E-state index in [4.69, 9.17) is 5.11 Å². The van der Waals surface area contributed by atoms with E-state index < -0.39 is 5.97 Å². The Morgan fingerprint density at radius 1 is 1.37 bits per heavy atom. The average molecular weight is 258 g/mol. The van der Waals surface area contributed by atoms with E-state index in [1.54, 1.807) is 6.08 Å². The zero-order chi connectivity index (χ0) is 14.4. The van der Waals surface area contributed by atoms with Crippen LogP contribution >= 0.6 is 0 Å². The van der Waals surface area contributed by atoms with Gasteiger partial charge in [-0.1, -0.05) is 13.8 Å². The number of Topliss-reactive ketones (excluding diaryl/α,β-unsaturated/α-hetero) is 1. The van der Waals surface area contributed by atoms with E-state index >= 15 is 0 Å². The Hall–Kier alpha value is -1.90. The minimum atomic E-state index is -0.962. The summed E-state index contributed by atoms with van der Waals surface area (Å²) in [6, 6.07) is 1.89. The molecule has 0 unspecified atom stereocenters. The lowest BCUT2D eigenvalue weighted by Crippen LogP contribution is -2.18. The smallest absolute Gasteiger partial charge is 0.328 e. The van der Waals surface area contributed by atoms with Gasteiger partial charge in [0, 0.05) is 17.1 Å². The molecule has 1 aromatic carbocycles. The van der Waals surface area contributed by atoms with Crippen molar-refractivity contribution >= 4 is 17.8 Å². The molecule has 100 valence electrons. The average Bonchev–Trinajstić information content (AvgIpc) is 2.52. The maximum Gasteiger partial charge on any atom is 0.328 e. The van der Waals surface area contributed by atoms with Crippen LogP contribution in [-0.4, -0.2) is 16.9 Å². The number of hydrogen-bond acceptors (Lipinski definition) is 2. The molecule has 3 nitrogen and oxygen atoms in total. The summed E-state index contributed by atoms with van der Waals surface area (Å²) in [6.45, 7) is 7.78. The maximum atomic E-state index is 12.3. The Morgan fingerprint density at radius 3 is 2.58 bits per heavy atom. The van der Waals surface area contributed by atoms with Crippen LogP contribution in [-0.2, 0) is 11.2 Å². The van der Waals surface area contributed by atoms with Crippen LogP contribution in [0.3, 0.4) is 0 Å². The molecule has 0 saturated heterocycles. The Balaban J connectivity index is 2.60. The van der Waals surface area contributed by atoms with Crippen molar-refractivity contribution in [3.63, 3.8) is 0 Å². The second-order valence-corrected chi connectivity index (χ2v) is 5.82. The van der Waals surface area contributed by atoms with Crippen LogP contribution in [0.15, 0.2) is 12.1 Å². The Kier molecular flexibility index (Phi) is 3.09. The quantitative estimate of drug-likeness (QED) is 0.829. The fourth-order valence-corrected chi connectivity index (χ4v) is 2.77. The van der Waals surface area contributed by atoms with Crippen LogP contribution < -0.4 is 0 Å². The van der Waals surface area contributed by atoms with Gasteiger partial charge < -0.3 is 5.11 Å². The van der Waals surface area contributed by atoms with Gasteiger partial charge in [0.2, 0.25) is 0 Å². The van der Waals surface area contributed by atoms with Crippen molar-refractivity contribution < 1.29 is 14.7 Å². The lowest BCUT2D eigenvalue weighted by molar-refractivity contribution is -0.131. The van der Waals surface area contributed by atoms with Gasteiger partial charge in [0.25, 0.3) is 0 Å². The highest BCUT2D eigenvalue weighted by molar-refractivity contribution is 6.05. The predicted octanol–water partition coefficient (Wildman–Crippen LogP) is 3.17. The second kappa shape index (κ2) is 4.34. The number of hydrogen-bond donors (Lipinski definition) is 1. The number of ketones is 1. The van der Waals surface area contributed by atoms with Crippen molar-refractivity contribution in [3.8, 4) is 0 Å². The van der Waals surface area contributed by atoms with Crippen molar-refractivity contribution in [3.05, 3.63) is 40.0 Å². The molecule has 19 heavy (non-hydrogen) atoms. The van der Waals surface area contributed by atoms with E-state index in [2.05, 4.69) is 0 Å². The standard InChI is InChI=1S/C16H18O3/c1-9-7-12-13(8-16(3,4)15(12)19)10(2)11(9)5-6-14(17)18/h5-7H,8H2,1-4H3,(H,17,18)/b6-5+. The summed E-state index contributed by atoms with van der Waals surface area (Å²) in [4.78, 5) is 22.9. The lowest BCUT2D eigenvalue weighted by Gasteiger charge is -2.13. The van der Waals surface area contributed by atoms with Gasteiger partial charge in [-0.25, -0.2) is 4.79 Å². The first-order valence-electron chi connectivity index (χ1n) is 6.33. The number of aryl methyl sites for hydroxylation is 1. The van der Waals surface area contributed by atoms with Crippen molar-refractivity contribution in [2.75, 3.05) is 0 Å². The van der Waals surface area contributed by atoms with E-state index in [1.807, 2.05) is 33.8 Å². The molecular weight excluding hydrogens is 240 g/mol. The molecule has 1 aliphatic rings. The molecule has 0 bridgehead atoms. The van der Waals surface area contributed by atoms with Crippen LogP contribution in [0.5, 0.6) is 0 Å². The predicted molar refractivity (Wildman–Crippen MR) is 74.4 cm³/mol. The molecule has 1 aromatic rings. The van der Waals surface area contributed by atoms with E-state index in [0.717, 1.165) is 40.3 Å². The zero-order valence-electron chi connectivity index (χ0n) is 11.7. The summed E-state index contributed by atoms with van der Waals surface area (Å²) in [5.74, 6) is -0.779. The van der Waals surface area contributed by atoms with E-state index in [0.29, 0.717) is 0 Å². The highest BCUT2D eigenvalue weighted by Gasteiger charge is 2.38. The molecule has 0 heterocycles. The van der Waals surface area contributed by atoms with Gasteiger partial charge in [-0.2, -0.15) is 0 Å². The number of carboxylic acid groups (broad SMARTS) is 1. The molecule has 0 fully saturated rings. The molecule has 0 radical (unpaired) electrons. The number of carbonyl (C=O) groups excluding carboxylic acids is 1. The molecule has 0 aromatic heterocycles. The topological polar surface area (TPSA) is 54.4 Å². The molecule has 0 spiro atoms. The summed E-state index contributed by atoms with van der Waals surface area (Å²) < 4.78 is 0. The Bertz CT molecular complexity index is 607. The lowest BCUT2D eigenvalue weighted by atomic mass is 9.89.